The molecule has 0 radical (unpaired) electrons. The van der Waals surface area contributed by atoms with Gasteiger partial charge in [-0.2, -0.15) is 0 Å². The van der Waals surface area contributed by atoms with Gasteiger partial charge in [-0.1, -0.05) is 6.07 Å². The fourth-order valence-electron chi connectivity index (χ4n) is 3.79. The second-order valence-corrected chi connectivity index (χ2v) is 9.25. The Bertz CT molecular complexity index is 998. The summed E-state index contributed by atoms with van der Waals surface area (Å²) in [7, 11) is -3.26. The first-order valence-electron chi connectivity index (χ1n) is 9.16. The number of aryl methyl sites for hydroxylation is 3. The van der Waals surface area contributed by atoms with Gasteiger partial charge in [-0.25, -0.2) is 8.42 Å². The lowest BCUT2D eigenvalue weighted by molar-refractivity contribution is -0.120. The number of nitrogens with zero attached hydrogens (tertiary/aromatic N) is 4. The van der Waals surface area contributed by atoms with Crippen molar-refractivity contribution in [2.24, 2.45) is 5.92 Å². The maximum absolute atomic E-state index is 12.8. The highest BCUT2D eigenvalue weighted by Gasteiger charge is 2.30. The molecule has 8 nitrogen and oxygen atoms in total. The molecule has 144 valence electrons. The van der Waals surface area contributed by atoms with E-state index in [0.29, 0.717) is 30.9 Å². The van der Waals surface area contributed by atoms with Crippen molar-refractivity contribution in [1.82, 2.24) is 14.8 Å². The number of hydrogen-bond acceptors (Lipinski definition) is 5. The van der Waals surface area contributed by atoms with Gasteiger partial charge in [0.2, 0.25) is 15.9 Å². The topological polar surface area (TPSA) is 97.2 Å². The Morgan fingerprint density at radius 2 is 2.07 bits per heavy atom. The van der Waals surface area contributed by atoms with Crippen LogP contribution in [0.15, 0.2) is 18.2 Å². The molecule has 2 aromatic rings. The van der Waals surface area contributed by atoms with Gasteiger partial charge in [-0.15, -0.1) is 10.2 Å². The summed E-state index contributed by atoms with van der Waals surface area (Å²) in [6.45, 7) is 4.82. The first-order valence-corrected chi connectivity index (χ1v) is 10.8. The lowest BCUT2D eigenvalue weighted by atomic mass is 9.98. The molecule has 0 aliphatic carbocycles. The third kappa shape index (κ3) is 3.31. The molecule has 1 atom stereocenters. The van der Waals surface area contributed by atoms with Gasteiger partial charge in [0.15, 0.2) is 0 Å². The van der Waals surface area contributed by atoms with Crippen molar-refractivity contribution in [1.29, 1.82) is 0 Å². The van der Waals surface area contributed by atoms with Crippen LogP contribution in [0.2, 0.25) is 0 Å². The molecule has 1 aromatic carbocycles. The molecular formula is C18H23N5O3S. The summed E-state index contributed by atoms with van der Waals surface area (Å²) >= 11 is 0. The highest BCUT2D eigenvalue weighted by molar-refractivity contribution is 7.93. The van der Waals surface area contributed by atoms with Crippen LogP contribution in [0.1, 0.15) is 30.1 Å². The summed E-state index contributed by atoms with van der Waals surface area (Å²) in [6, 6.07) is 5.42. The molecule has 2 aliphatic heterocycles. The van der Waals surface area contributed by atoms with Crippen molar-refractivity contribution in [3.63, 3.8) is 0 Å². The van der Waals surface area contributed by atoms with Crippen molar-refractivity contribution in [3.8, 4) is 0 Å². The Morgan fingerprint density at radius 1 is 1.26 bits per heavy atom. The molecule has 1 amide bonds. The Labute approximate surface area is 158 Å². The van der Waals surface area contributed by atoms with Crippen LogP contribution in [-0.2, 0) is 27.8 Å². The van der Waals surface area contributed by atoms with Gasteiger partial charge in [0, 0.05) is 25.2 Å². The van der Waals surface area contributed by atoms with E-state index in [9.17, 15) is 13.2 Å². The average Bonchev–Trinajstić information content (AvgIpc) is 3.18. The molecule has 0 unspecified atom stereocenters. The lowest BCUT2D eigenvalue weighted by Crippen LogP contribution is -2.31. The van der Waals surface area contributed by atoms with Crippen molar-refractivity contribution in [3.05, 3.63) is 35.4 Å². The van der Waals surface area contributed by atoms with Crippen LogP contribution in [0.5, 0.6) is 0 Å². The molecule has 4 rings (SSSR count). The molecule has 1 N–H and O–H groups in total. The summed E-state index contributed by atoms with van der Waals surface area (Å²) in [6.07, 6.45) is 2.08. The molecule has 1 aromatic heterocycles. The summed E-state index contributed by atoms with van der Waals surface area (Å²) in [5, 5.41) is 11.2. The number of hydrogen-bond donors (Lipinski definition) is 1. The molecule has 2 aliphatic rings. The predicted octanol–water partition coefficient (Wildman–Crippen LogP) is 1.64. The van der Waals surface area contributed by atoms with E-state index in [0.717, 1.165) is 30.1 Å². The third-order valence-electron chi connectivity index (χ3n) is 5.35. The Balaban J connectivity index is 1.52. The molecule has 1 saturated heterocycles. The molecule has 9 heteroatoms. The fraction of sp³-hybridized carbons (Fsp3) is 0.500. The average molecular weight is 389 g/mol. The normalized spacial score (nSPS) is 21.1. The molecule has 0 bridgehead atoms. The number of sulfonamides is 1. The molecule has 1 fully saturated rings. The van der Waals surface area contributed by atoms with E-state index in [1.807, 2.05) is 30.5 Å². The standard InChI is InChI=1S/C18H23N5O3S/c1-12-4-6-15(10-16(12)23-8-3-9-27(23,25)26)19-18(24)14-5-7-17-21-20-13(2)22(17)11-14/h4,6,10,14H,3,5,7-9,11H2,1-2H3,(H,19,24)/t14-/m1/s1. The summed E-state index contributed by atoms with van der Waals surface area (Å²) < 4.78 is 27.9. The highest BCUT2D eigenvalue weighted by atomic mass is 32.2. The van der Waals surface area contributed by atoms with E-state index in [-0.39, 0.29) is 17.6 Å². The van der Waals surface area contributed by atoms with Crippen LogP contribution in [0.25, 0.3) is 0 Å². The number of anilines is 2. The van der Waals surface area contributed by atoms with E-state index < -0.39 is 10.0 Å². The van der Waals surface area contributed by atoms with Crippen LogP contribution in [0.4, 0.5) is 11.4 Å². The second-order valence-electron chi connectivity index (χ2n) is 7.24. The molecule has 27 heavy (non-hydrogen) atoms. The number of fused-ring (bicyclic) bond motifs is 1. The predicted molar refractivity (Wildman–Crippen MR) is 102 cm³/mol. The van der Waals surface area contributed by atoms with Crippen LogP contribution in [0.3, 0.4) is 0 Å². The zero-order chi connectivity index (χ0) is 19.2. The lowest BCUT2D eigenvalue weighted by Gasteiger charge is -2.24. The molecule has 0 spiro atoms. The fourth-order valence-corrected chi connectivity index (χ4v) is 5.40. The summed E-state index contributed by atoms with van der Waals surface area (Å²) in [4.78, 5) is 12.8. The molecular weight excluding hydrogens is 366 g/mol. The first kappa shape index (κ1) is 18.0. The van der Waals surface area contributed by atoms with E-state index in [2.05, 4.69) is 15.5 Å². The number of aromatic nitrogens is 3. The van der Waals surface area contributed by atoms with Gasteiger partial charge < -0.3 is 9.88 Å². The SMILES string of the molecule is Cc1ccc(NC(=O)[C@@H]2CCc3nnc(C)n3C2)cc1N1CCCS1(=O)=O. The maximum atomic E-state index is 12.8. The zero-order valence-corrected chi connectivity index (χ0v) is 16.3. The van der Waals surface area contributed by atoms with E-state index in [1.165, 1.54) is 4.31 Å². The smallest absolute Gasteiger partial charge is 0.235 e. The monoisotopic (exact) mass is 389 g/mol. The number of rotatable bonds is 3. The molecule has 0 saturated carbocycles. The van der Waals surface area contributed by atoms with Crippen molar-refractivity contribution in [2.45, 2.75) is 39.7 Å². The van der Waals surface area contributed by atoms with Gasteiger partial charge in [-0.05, 0) is 44.4 Å². The number of amides is 1. The Morgan fingerprint density at radius 3 is 2.81 bits per heavy atom. The van der Waals surface area contributed by atoms with Crippen molar-refractivity contribution in [2.75, 3.05) is 21.9 Å². The van der Waals surface area contributed by atoms with Gasteiger partial charge in [0.1, 0.15) is 11.6 Å². The minimum Gasteiger partial charge on any atom is -0.326 e. The van der Waals surface area contributed by atoms with Crippen molar-refractivity contribution >= 4 is 27.3 Å². The zero-order valence-electron chi connectivity index (χ0n) is 15.5. The minimum absolute atomic E-state index is 0.0622. The molecule has 3 heterocycles. The quantitative estimate of drug-likeness (QED) is 0.861. The third-order valence-corrected chi connectivity index (χ3v) is 7.20. The largest absolute Gasteiger partial charge is 0.326 e. The Hall–Kier alpha value is -2.42. The van der Waals surface area contributed by atoms with Crippen LogP contribution in [-0.4, -0.2) is 41.4 Å². The van der Waals surface area contributed by atoms with Gasteiger partial charge >= 0.3 is 0 Å². The number of carbonyl (C=O) groups is 1. The van der Waals surface area contributed by atoms with E-state index in [1.54, 1.807) is 6.07 Å². The maximum Gasteiger partial charge on any atom is 0.235 e. The number of benzene rings is 1. The van der Waals surface area contributed by atoms with Gasteiger partial charge in [0.05, 0.1) is 17.4 Å². The van der Waals surface area contributed by atoms with Gasteiger partial charge in [0.25, 0.3) is 0 Å². The van der Waals surface area contributed by atoms with Gasteiger partial charge in [-0.3, -0.25) is 9.10 Å². The van der Waals surface area contributed by atoms with Crippen LogP contribution in [0, 0.1) is 19.8 Å². The highest BCUT2D eigenvalue weighted by Crippen LogP contribution is 2.30. The summed E-state index contributed by atoms with van der Waals surface area (Å²) in [5.74, 6) is 1.69. The second kappa shape index (κ2) is 6.63. The van der Waals surface area contributed by atoms with E-state index in [4.69, 9.17) is 0 Å². The minimum atomic E-state index is -3.26. The van der Waals surface area contributed by atoms with Crippen LogP contribution < -0.4 is 9.62 Å². The van der Waals surface area contributed by atoms with Crippen LogP contribution >= 0.6 is 0 Å². The Kier molecular flexibility index (Phi) is 4.41. The first-order chi connectivity index (χ1) is 12.8. The van der Waals surface area contributed by atoms with E-state index >= 15 is 0 Å². The number of carbonyl (C=O) groups excluding carboxylic acids is 1. The number of nitrogens with one attached hydrogen (secondary N) is 1. The summed E-state index contributed by atoms with van der Waals surface area (Å²) in [5.41, 5.74) is 2.14. The van der Waals surface area contributed by atoms with Crippen molar-refractivity contribution < 1.29 is 13.2 Å².